The molecule has 5 aliphatic rings. The van der Waals surface area contributed by atoms with Crippen LogP contribution in [0.3, 0.4) is 0 Å². The van der Waals surface area contributed by atoms with E-state index in [1.807, 2.05) is 0 Å². The highest BCUT2D eigenvalue weighted by atomic mass is 16.7. The standard InChI is InChI=1S/C22H36O6/c1-3-11-24-21(9-5-7-15-19(21)26-15)17-13-23-14-18(28-17)22(25-12-4-2)10-6-8-16-20(22)27-16/h15-20H,3-14H2,1-2H3. The molecule has 3 heterocycles. The van der Waals surface area contributed by atoms with Crippen molar-refractivity contribution in [3.05, 3.63) is 0 Å². The first-order chi connectivity index (χ1) is 13.7. The highest BCUT2D eigenvalue weighted by Gasteiger charge is 2.66. The Labute approximate surface area is 168 Å². The minimum Gasteiger partial charge on any atom is -0.376 e. The molecule has 0 radical (unpaired) electrons. The molecule has 28 heavy (non-hydrogen) atoms. The first kappa shape index (κ1) is 19.7. The van der Waals surface area contributed by atoms with Crippen LogP contribution >= 0.6 is 0 Å². The lowest BCUT2D eigenvalue weighted by molar-refractivity contribution is -0.276. The zero-order valence-electron chi connectivity index (χ0n) is 17.4. The van der Waals surface area contributed by atoms with Gasteiger partial charge >= 0.3 is 0 Å². The van der Waals surface area contributed by atoms with E-state index in [0.29, 0.717) is 25.4 Å². The van der Waals surface area contributed by atoms with Crippen LogP contribution in [0.1, 0.15) is 65.2 Å². The van der Waals surface area contributed by atoms with Crippen LogP contribution < -0.4 is 0 Å². The van der Waals surface area contributed by atoms with E-state index in [1.165, 1.54) is 0 Å². The molecule has 0 spiro atoms. The van der Waals surface area contributed by atoms with Crippen LogP contribution in [0.4, 0.5) is 0 Å². The second-order valence-electron chi connectivity index (χ2n) is 9.23. The fraction of sp³-hybridized carbons (Fsp3) is 1.00. The Morgan fingerprint density at radius 3 is 1.71 bits per heavy atom. The Bertz CT molecular complexity index is 511. The molecule has 0 aromatic heterocycles. The summed E-state index contributed by atoms with van der Waals surface area (Å²) in [5, 5.41) is 0. The zero-order valence-corrected chi connectivity index (χ0v) is 17.4. The van der Waals surface area contributed by atoms with E-state index >= 15 is 0 Å². The van der Waals surface area contributed by atoms with Gasteiger partial charge in [-0.3, -0.25) is 0 Å². The van der Waals surface area contributed by atoms with Gasteiger partial charge in [0.05, 0.1) is 25.4 Å². The average molecular weight is 397 g/mol. The molecule has 0 aromatic carbocycles. The normalized spacial score (nSPS) is 49.9. The zero-order chi connectivity index (χ0) is 19.2. The Morgan fingerprint density at radius 2 is 1.25 bits per heavy atom. The molecule has 2 aliphatic carbocycles. The van der Waals surface area contributed by atoms with Crippen molar-refractivity contribution in [1.82, 2.24) is 0 Å². The first-order valence-electron chi connectivity index (χ1n) is 11.6. The number of hydrogen-bond acceptors (Lipinski definition) is 6. The predicted octanol–water partition coefficient (Wildman–Crippen LogP) is 3.00. The number of epoxide rings is 2. The Morgan fingerprint density at radius 1 is 0.750 bits per heavy atom. The summed E-state index contributed by atoms with van der Waals surface area (Å²) in [4.78, 5) is 0. The van der Waals surface area contributed by atoms with Crippen molar-refractivity contribution in [2.24, 2.45) is 0 Å². The molecule has 0 aromatic rings. The van der Waals surface area contributed by atoms with Crippen LogP contribution in [0.15, 0.2) is 0 Å². The van der Waals surface area contributed by atoms with E-state index in [2.05, 4.69) is 13.8 Å². The Balaban J connectivity index is 1.37. The third-order valence-corrected chi connectivity index (χ3v) is 7.35. The van der Waals surface area contributed by atoms with E-state index in [1.54, 1.807) is 0 Å². The van der Waals surface area contributed by atoms with Crippen LogP contribution in [0.5, 0.6) is 0 Å². The lowest BCUT2D eigenvalue weighted by atomic mass is 9.77. The molecule has 2 saturated carbocycles. The summed E-state index contributed by atoms with van der Waals surface area (Å²) in [5.74, 6) is 0. The monoisotopic (exact) mass is 396 g/mol. The predicted molar refractivity (Wildman–Crippen MR) is 102 cm³/mol. The molecule has 0 bridgehead atoms. The van der Waals surface area contributed by atoms with E-state index in [0.717, 1.165) is 64.6 Å². The van der Waals surface area contributed by atoms with E-state index in [4.69, 9.17) is 28.4 Å². The minimum absolute atomic E-state index is 0.102. The van der Waals surface area contributed by atoms with Gasteiger partial charge in [-0.2, -0.15) is 0 Å². The highest BCUT2D eigenvalue weighted by molar-refractivity contribution is 5.14. The van der Waals surface area contributed by atoms with Gasteiger partial charge in [0, 0.05) is 13.2 Å². The maximum atomic E-state index is 6.83. The van der Waals surface area contributed by atoms with Crippen molar-refractivity contribution in [3.63, 3.8) is 0 Å². The Hall–Kier alpha value is -0.240. The molecular formula is C22H36O6. The molecule has 3 saturated heterocycles. The van der Waals surface area contributed by atoms with Crippen LogP contribution in [0.2, 0.25) is 0 Å². The molecule has 5 rings (SSSR count). The smallest absolute Gasteiger partial charge is 0.125 e. The van der Waals surface area contributed by atoms with Gasteiger partial charge in [0.2, 0.25) is 0 Å². The largest absolute Gasteiger partial charge is 0.376 e. The lowest BCUT2D eigenvalue weighted by Gasteiger charge is -2.49. The Kier molecular flexibility index (Phi) is 5.48. The minimum atomic E-state index is -0.373. The van der Waals surface area contributed by atoms with E-state index in [9.17, 15) is 0 Å². The first-order valence-corrected chi connectivity index (χ1v) is 11.6. The van der Waals surface area contributed by atoms with Crippen molar-refractivity contribution < 1.29 is 28.4 Å². The van der Waals surface area contributed by atoms with Gasteiger partial charge < -0.3 is 28.4 Å². The summed E-state index contributed by atoms with van der Waals surface area (Å²) in [6, 6.07) is 0. The van der Waals surface area contributed by atoms with Crippen molar-refractivity contribution >= 4 is 0 Å². The third-order valence-electron chi connectivity index (χ3n) is 7.35. The van der Waals surface area contributed by atoms with Gasteiger partial charge in [-0.1, -0.05) is 13.8 Å². The van der Waals surface area contributed by atoms with Crippen LogP contribution in [-0.2, 0) is 28.4 Å². The SMILES string of the molecule is CCCOC1(C2COCC(C3(OCCC)CCCC4OC43)O2)CCCC2OC21. The summed E-state index contributed by atoms with van der Waals surface area (Å²) >= 11 is 0. The summed E-state index contributed by atoms with van der Waals surface area (Å²) in [5.41, 5.74) is -0.746. The molecular weight excluding hydrogens is 360 g/mol. The van der Waals surface area contributed by atoms with Gasteiger partial charge in [0.25, 0.3) is 0 Å². The molecule has 160 valence electrons. The number of fused-ring (bicyclic) bond motifs is 2. The summed E-state index contributed by atoms with van der Waals surface area (Å²) in [7, 11) is 0. The lowest BCUT2D eigenvalue weighted by Crippen LogP contribution is -2.64. The summed E-state index contributed by atoms with van der Waals surface area (Å²) in [6.07, 6.45) is 9.28. The molecule has 3 aliphatic heterocycles. The van der Waals surface area contributed by atoms with Crippen molar-refractivity contribution in [1.29, 1.82) is 0 Å². The molecule has 6 nitrogen and oxygen atoms in total. The van der Waals surface area contributed by atoms with Crippen LogP contribution in [-0.4, -0.2) is 74.3 Å². The summed E-state index contributed by atoms with van der Waals surface area (Å²) < 4.78 is 38.0. The maximum Gasteiger partial charge on any atom is 0.125 e. The topological polar surface area (TPSA) is 62.0 Å². The van der Waals surface area contributed by atoms with Crippen LogP contribution in [0.25, 0.3) is 0 Å². The quantitative estimate of drug-likeness (QED) is 0.588. The second kappa shape index (κ2) is 7.78. The van der Waals surface area contributed by atoms with Gasteiger partial charge in [-0.15, -0.1) is 0 Å². The van der Waals surface area contributed by atoms with Gasteiger partial charge in [0.15, 0.2) is 0 Å². The molecule has 8 atom stereocenters. The van der Waals surface area contributed by atoms with Gasteiger partial charge in [0.1, 0.15) is 35.6 Å². The van der Waals surface area contributed by atoms with Gasteiger partial charge in [-0.25, -0.2) is 0 Å². The van der Waals surface area contributed by atoms with Gasteiger partial charge in [-0.05, 0) is 51.4 Å². The fourth-order valence-electron chi connectivity index (χ4n) is 5.87. The number of rotatable bonds is 8. The molecule has 8 unspecified atom stereocenters. The third kappa shape index (κ3) is 3.25. The van der Waals surface area contributed by atoms with Crippen molar-refractivity contribution in [2.45, 2.75) is 113 Å². The second-order valence-corrected chi connectivity index (χ2v) is 9.23. The van der Waals surface area contributed by atoms with E-state index in [-0.39, 0.29) is 35.6 Å². The molecule has 0 N–H and O–H groups in total. The van der Waals surface area contributed by atoms with Crippen molar-refractivity contribution in [2.75, 3.05) is 26.4 Å². The van der Waals surface area contributed by atoms with E-state index < -0.39 is 0 Å². The molecule has 6 heteroatoms. The average Bonchev–Trinajstić information content (AvgIpc) is 3.64. The fourth-order valence-corrected chi connectivity index (χ4v) is 5.87. The van der Waals surface area contributed by atoms with Crippen molar-refractivity contribution in [3.8, 4) is 0 Å². The highest BCUT2D eigenvalue weighted by Crippen LogP contribution is 2.52. The summed E-state index contributed by atoms with van der Waals surface area (Å²) in [6.45, 7) is 6.94. The number of ether oxygens (including phenoxy) is 6. The number of hydrogen-bond donors (Lipinski definition) is 0. The van der Waals surface area contributed by atoms with Crippen LogP contribution in [0, 0.1) is 0 Å². The molecule has 5 fully saturated rings. The maximum absolute atomic E-state index is 6.83. The molecule has 0 amide bonds.